The zero-order valence-electron chi connectivity index (χ0n) is 45.4. The lowest BCUT2D eigenvalue weighted by atomic mass is 9.91. The number of nitrogen functional groups attached to an aromatic ring is 1. The number of ether oxygens (including phenoxy) is 4. The minimum Gasteiger partial charge on any atom is -0.507 e. The molecule has 8 heterocycles. The number of phenolic OH excluding ortho intramolecular Hbond substituents is 1. The second kappa shape index (κ2) is 23.6. The van der Waals surface area contributed by atoms with E-state index in [0.717, 1.165) is 71.8 Å². The molecule has 4 aliphatic heterocycles. The van der Waals surface area contributed by atoms with E-state index in [2.05, 4.69) is 46.5 Å². The van der Waals surface area contributed by atoms with Gasteiger partial charge in [0.05, 0.1) is 51.8 Å². The number of piperidine rings is 1. The van der Waals surface area contributed by atoms with Crippen LogP contribution in [0.25, 0.3) is 21.7 Å². The lowest BCUT2D eigenvalue weighted by Gasteiger charge is -2.43. The molecule has 6 aromatic rings. The number of rotatable bonds is 18. The van der Waals surface area contributed by atoms with Crippen LogP contribution in [0.5, 0.6) is 17.5 Å². The van der Waals surface area contributed by atoms with Crippen LogP contribution < -0.4 is 30.3 Å². The van der Waals surface area contributed by atoms with Gasteiger partial charge in [-0.25, -0.2) is 14.8 Å². The lowest BCUT2D eigenvalue weighted by molar-refractivity contribution is -0.141. The van der Waals surface area contributed by atoms with Gasteiger partial charge in [-0.2, -0.15) is 0 Å². The number of fused-ring (bicyclic) bond motifs is 2. The van der Waals surface area contributed by atoms with Crippen molar-refractivity contribution in [1.29, 1.82) is 0 Å². The molecule has 0 spiro atoms. The van der Waals surface area contributed by atoms with Gasteiger partial charge in [-0.1, -0.05) is 50.2 Å². The molecule has 1 saturated carbocycles. The summed E-state index contributed by atoms with van der Waals surface area (Å²) in [7, 11) is 0. The van der Waals surface area contributed by atoms with E-state index >= 15 is 0 Å². The maximum Gasteiger partial charge on any atom is 0.409 e. The van der Waals surface area contributed by atoms with Gasteiger partial charge in [-0.15, -0.1) is 21.5 Å². The third-order valence-corrected chi connectivity index (χ3v) is 17.2. The summed E-state index contributed by atoms with van der Waals surface area (Å²) in [6.45, 7) is 10.2. The molecule has 22 heteroatoms. The molecule has 2 bridgehead atoms. The highest BCUT2D eigenvalue weighted by molar-refractivity contribution is 7.13. The number of carbonyl (C=O) groups excluding carboxylic acids is 3. The predicted octanol–water partition coefficient (Wildman–Crippen LogP) is 7.29. The molecule has 3 amide bonds. The summed E-state index contributed by atoms with van der Waals surface area (Å²) < 4.78 is 29.8. The van der Waals surface area contributed by atoms with Crippen LogP contribution in [-0.2, 0) is 19.1 Å². The Labute approximate surface area is 468 Å². The third kappa shape index (κ3) is 11.8. The monoisotopic (exact) mass is 1110 g/mol. The van der Waals surface area contributed by atoms with Crippen molar-refractivity contribution in [3.8, 4) is 39.2 Å². The molecular formula is C58H69N11O10S. The minimum atomic E-state index is -0.873. The van der Waals surface area contributed by atoms with Crippen LogP contribution in [0.1, 0.15) is 94.7 Å². The third-order valence-electron chi connectivity index (χ3n) is 16.2. The standard InChI is InChI=1S/C58H69N11O10S/c1-33(2)53(57(73)68-31-41(70)24-48(68)56(72)62-34(3)36-9-11-37(12-10-36)54-35(4)61-32-80-54)50-28-52(65-79-50)75-21-22-76-58(74)66-19-16-42(17-20-66)77-43-25-44(26-43)78-51-23-38(15-18-60-51)69-39-13-14-40(69)30-67(29-39)47-27-46(63-64-55(47)59)45-7-5-6-8-49(45)71/h5-12,15,18,23,27-28,32-34,39-44,48,53,70-71H,13-14,16-17,19-22,24-26,29-31H2,1-4H3,(H2,59,64)(H,62,72)/t34-,39+,40?,41+,43?,44?,48-,53+/m0/s1. The number of thiazole rings is 1. The number of aromatic hydroxyl groups is 1. The van der Waals surface area contributed by atoms with E-state index in [1.54, 1.807) is 34.4 Å². The van der Waals surface area contributed by atoms with Crippen LogP contribution >= 0.6 is 11.3 Å². The van der Waals surface area contributed by atoms with Gasteiger partial charge >= 0.3 is 6.09 Å². The molecule has 0 radical (unpaired) electrons. The molecule has 422 valence electrons. The number of benzene rings is 2. The Kier molecular flexibility index (Phi) is 16.1. The number of anilines is 3. The molecule has 5 N–H and O–H groups in total. The fraction of sp³-hybridized carbons (Fsp3) is 0.483. The summed E-state index contributed by atoms with van der Waals surface area (Å²) in [5, 5.41) is 36.8. The SMILES string of the molecule is Cc1ncsc1-c1ccc([C@H](C)NC(=O)[C@@H]2C[C@@H](O)CN2C(=O)[C@@H](c2cc(OCCOC(=O)N3CCC(OC4CC(Oc5cc(N6C7CC[C@@H]6CN(c6cc(-c8ccccc8O)nnc6N)C7)ccn5)C4)CC3)no2)C(C)C)cc1. The number of hydrogen-bond donors (Lipinski definition) is 4. The number of aliphatic hydroxyl groups is 1. The molecule has 11 rings (SSSR count). The number of aromatic nitrogens is 5. The molecule has 5 fully saturated rings. The van der Waals surface area contributed by atoms with Crippen molar-refractivity contribution >= 4 is 46.4 Å². The van der Waals surface area contributed by atoms with Gasteiger partial charge in [0, 0.05) is 93.7 Å². The Morgan fingerprint density at radius 1 is 0.863 bits per heavy atom. The number of β-amino-alcohol motifs (C(OH)–C–C–N with tert-alkyl or cyclic N) is 1. The second-order valence-corrected chi connectivity index (χ2v) is 22.8. The Hall–Kier alpha value is -7.56. The molecule has 5 aliphatic rings. The number of piperazine rings is 1. The second-order valence-electron chi connectivity index (χ2n) is 22.0. The Morgan fingerprint density at radius 2 is 1.62 bits per heavy atom. The Bertz CT molecular complexity index is 3130. The van der Waals surface area contributed by atoms with Crippen molar-refractivity contribution in [3.05, 3.63) is 102 Å². The van der Waals surface area contributed by atoms with E-state index in [9.17, 15) is 24.6 Å². The van der Waals surface area contributed by atoms with Gasteiger partial charge in [0.15, 0.2) is 11.6 Å². The molecule has 1 unspecified atom stereocenters. The zero-order valence-corrected chi connectivity index (χ0v) is 46.2. The van der Waals surface area contributed by atoms with Gasteiger partial charge in [0.1, 0.15) is 37.0 Å². The first-order valence-corrected chi connectivity index (χ1v) is 28.6. The van der Waals surface area contributed by atoms with Crippen LogP contribution in [0.3, 0.4) is 0 Å². The van der Waals surface area contributed by atoms with Crippen molar-refractivity contribution in [2.75, 3.05) is 61.5 Å². The summed E-state index contributed by atoms with van der Waals surface area (Å²) in [5.41, 5.74) is 14.2. The molecule has 80 heavy (non-hydrogen) atoms. The number of amides is 3. The maximum atomic E-state index is 14.2. The van der Waals surface area contributed by atoms with Crippen LogP contribution in [0.15, 0.2) is 89.0 Å². The number of para-hydroxylation sites is 1. The first kappa shape index (κ1) is 54.4. The number of nitrogens with one attached hydrogen (secondary N) is 1. The lowest BCUT2D eigenvalue weighted by Crippen LogP contribution is -2.54. The quantitative estimate of drug-likeness (QED) is 0.0616. The molecule has 21 nitrogen and oxygen atoms in total. The molecule has 2 aromatic carbocycles. The van der Waals surface area contributed by atoms with E-state index in [4.69, 9.17) is 29.2 Å². The number of aryl methyl sites for hydroxylation is 1. The fourth-order valence-corrected chi connectivity index (χ4v) is 12.7. The van der Waals surface area contributed by atoms with Gasteiger partial charge in [0.2, 0.25) is 17.7 Å². The van der Waals surface area contributed by atoms with Gasteiger partial charge in [-0.3, -0.25) is 9.59 Å². The number of carbonyl (C=O) groups is 3. The fourth-order valence-electron chi connectivity index (χ4n) is 11.9. The number of nitrogens with two attached hydrogens (primary N) is 1. The number of hydrogen-bond acceptors (Lipinski definition) is 19. The summed E-state index contributed by atoms with van der Waals surface area (Å²) in [6, 6.07) is 21.9. The Morgan fingerprint density at radius 3 is 2.35 bits per heavy atom. The molecule has 6 atom stereocenters. The number of phenols is 1. The Balaban J connectivity index is 0.587. The zero-order chi connectivity index (χ0) is 55.6. The topological polar surface area (TPSA) is 257 Å². The van der Waals surface area contributed by atoms with Gasteiger partial charge in [0.25, 0.3) is 5.88 Å². The van der Waals surface area contributed by atoms with Crippen molar-refractivity contribution in [2.24, 2.45) is 5.92 Å². The number of likely N-dealkylation sites (tertiary alicyclic amines) is 2. The van der Waals surface area contributed by atoms with Crippen molar-refractivity contribution in [3.63, 3.8) is 0 Å². The van der Waals surface area contributed by atoms with Crippen LogP contribution in [0.4, 0.5) is 22.0 Å². The highest BCUT2D eigenvalue weighted by Gasteiger charge is 2.45. The summed E-state index contributed by atoms with van der Waals surface area (Å²) in [6.07, 6.45) is 5.72. The maximum absolute atomic E-state index is 14.2. The summed E-state index contributed by atoms with van der Waals surface area (Å²) in [5.74, 6) is -0.231. The van der Waals surface area contributed by atoms with E-state index in [1.807, 2.05) is 87.9 Å². The highest BCUT2D eigenvalue weighted by atomic mass is 32.1. The highest BCUT2D eigenvalue weighted by Crippen LogP contribution is 2.41. The number of pyridine rings is 1. The van der Waals surface area contributed by atoms with Gasteiger partial charge < -0.3 is 64.3 Å². The normalized spacial score (nSPS) is 22.7. The van der Waals surface area contributed by atoms with Crippen LogP contribution in [0.2, 0.25) is 0 Å². The van der Waals surface area contributed by atoms with E-state index in [-0.39, 0.29) is 97.7 Å². The number of aliphatic hydroxyl groups excluding tert-OH is 1. The average Bonchev–Trinajstić information content (AvgIpc) is 4.30. The predicted molar refractivity (Wildman–Crippen MR) is 298 cm³/mol. The largest absolute Gasteiger partial charge is 0.507 e. The number of nitrogens with zero attached hydrogens (tertiary/aromatic N) is 9. The van der Waals surface area contributed by atoms with Crippen LogP contribution in [-0.4, -0.2) is 152 Å². The smallest absolute Gasteiger partial charge is 0.409 e. The van der Waals surface area contributed by atoms with Crippen molar-refractivity contribution in [1.82, 2.24) is 40.4 Å². The average molecular weight is 1110 g/mol. The minimum absolute atomic E-state index is 0.000595. The molecule has 4 saturated heterocycles. The first-order valence-electron chi connectivity index (χ1n) is 27.8. The van der Waals surface area contributed by atoms with Crippen LogP contribution in [0, 0.1) is 12.8 Å². The molecule has 1 aliphatic carbocycles. The van der Waals surface area contributed by atoms with Gasteiger partial charge in [-0.05, 0) is 86.0 Å². The van der Waals surface area contributed by atoms with Crippen molar-refractivity contribution in [2.45, 2.75) is 127 Å². The van der Waals surface area contributed by atoms with E-state index in [0.29, 0.717) is 48.9 Å². The van der Waals surface area contributed by atoms with Crippen molar-refractivity contribution < 1.29 is 48.1 Å². The summed E-state index contributed by atoms with van der Waals surface area (Å²) in [4.78, 5) is 58.9. The first-order chi connectivity index (χ1) is 38.7. The summed E-state index contributed by atoms with van der Waals surface area (Å²) >= 11 is 1.58. The molecular weight excluding hydrogens is 1040 g/mol. The molecule has 4 aromatic heterocycles. The van der Waals surface area contributed by atoms with E-state index < -0.39 is 24.2 Å². The van der Waals surface area contributed by atoms with E-state index in [1.165, 1.54) is 4.90 Å².